The van der Waals surface area contributed by atoms with Crippen molar-refractivity contribution in [3.8, 4) is 6.07 Å². The lowest BCUT2D eigenvalue weighted by Gasteiger charge is -2.45. The van der Waals surface area contributed by atoms with E-state index >= 15 is 0 Å². The van der Waals surface area contributed by atoms with Crippen LogP contribution in [0.2, 0.25) is 0 Å². The van der Waals surface area contributed by atoms with E-state index in [0.717, 1.165) is 26.2 Å². The third-order valence-electron chi connectivity index (χ3n) is 4.02. The van der Waals surface area contributed by atoms with Crippen LogP contribution >= 0.6 is 0 Å². The SMILES string of the molecule is CN(CCC#N)C(=O)CCN1CCN(C)C(C)(C)C1. The van der Waals surface area contributed by atoms with Crippen LogP contribution in [-0.4, -0.2) is 73.0 Å². The van der Waals surface area contributed by atoms with Crippen molar-refractivity contribution in [2.45, 2.75) is 32.2 Å². The first-order chi connectivity index (χ1) is 8.86. The van der Waals surface area contributed by atoms with Crippen molar-refractivity contribution in [1.82, 2.24) is 14.7 Å². The molecule has 108 valence electrons. The van der Waals surface area contributed by atoms with Gasteiger partial charge in [0.2, 0.25) is 5.91 Å². The summed E-state index contributed by atoms with van der Waals surface area (Å²) in [4.78, 5) is 18.3. The number of carbonyl (C=O) groups excluding carboxylic acids is 1. The zero-order valence-corrected chi connectivity index (χ0v) is 12.6. The zero-order chi connectivity index (χ0) is 14.5. The van der Waals surface area contributed by atoms with Gasteiger partial charge in [-0.3, -0.25) is 14.6 Å². The van der Waals surface area contributed by atoms with Crippen LogP contribution < -0.4 is 0 Å². The lowest BCUT2D eigenvalue weighted by Crippen LogP contribution is -2.57. The highest BCUT2D eigenvalue weighted by atomic mass is 16.2. The van der Waals surface area contributed by atoms with E-state index < -0.39 is 0 Å². The molecular weight excluding hydrogens is 240 g/mol. The molecule has 1 rings (SSSR count). The number of hydrogen-bond acceptors (Lipinski definition) is 4. The summed E-state index contributed by atoms with van der Waals surface area (Å²) in [7, 11) is 3.92. The first-order valence-corrected chi connectivity index (χ1v) is 6.91. The van der Waals surface area contributed by atoms with Crippen LogP contribution in [0.4, 0.5) is 0 Å². The van der Waals surface area contributed by atoms with Gasteiger partial charge >= 0.3 is 0 Å². The molecule has 1 amide bonds. The number of likely N-dealkylation sites (N-methyl/N-ethyl adjacent to an activating group) is 1. The molecule has 1 aliphatic rings. The Balaban J connectivity index is 2.33. The molecule has 0 radical (unpaired) electrons. The largest absolute Gasteiger partial charge is 0.345 e. The van der Waals surface area contributed by atoms with Crippen LogP contribution in [0.25, 0.3) is 0 Å². The Bertz CT molecular complexity index is 348. The molecule has 0 atom stereocenters. The number of nitriles is 1. The molecule has 5 nitrogen and oxygen atoms in total. The molecule has 0 aliphatic carbocycles. The predicted molar refractivity (Wildman–Crippen MR) is 75.6 cm³/mol. The molecule has 1 fully saturated rings. The second-order valence-electron chi connectivity index (χ2n) is 5.98. The quantitative estimate of drug-likeness (QED) is 0.738. The summed E-state index contributed by atoms with van der Waals surface area (Å²) in [6.45, 7) is 8.88. The highest BCUT2D eigenvalue weighted by Crippen LogP contribution is 2.18. The molecule has 19 heavy (non-hydrogen) atoms. The van der Waals surface area contributed by atoms with Gasteiger partial charge in [-0.05, 0) is 20.9 Å². The van der Waals surface area contributed by atoms with E-state index in [1.54, 1.807) is 11.9 Å². The van der Waals surface area contributed by atoms with E-state index in [2.05, 4.69) is 36.8 Å². The van der Waals surface area contributed by atoms with Crippen molar-refractivity contribution in [2.75, 3.05) is 46.8 Å². The Morgan fingerprint density at radius 3 is 2.68 bits per heavy atom. The van der Waals surface area contributed by atoms with Crippen LogP contribution in [0, 0.1) is 11.3 Å². The molecule has 0 aromatic carbocycles. The fourth-order valence-corrected chi connectivity index (χ4v) is 2.32. The molecular formula is C14H26N4O. The lowest BCUT2D eigenvalue weighted by atomic mass is 9.99. The Labute approximate surface area is 116 Å². The van der Waals surface area contributed by atoms with Gasteiger partial charge in [-0.25, -0.2) is 0 Å². The number of rotatable bonds is 5. The molecule has 1 aliphatic heterocycles. The smallest absolute Gasteiger partial charge is 0.223 e. The van der Waals surface area contributed by atoms with E-state index in [9.17, 15) is 4.79 Å². The Kier molecular flexibility index (Phi) is 5.77. The maximum absolute atomic E-state index is 11.9. The van der Waals surface area contributed by atoms with Gasteiger partial charge < -0.3 is 4.90 Å². The summed E-state index contributed by atoms with van der Waals surface area (Å²) >= 11 is 0. The predicted octanol–water partition coefficient (Wildman–Crippen LogP) is 0.775. The number of carbonyl (C=O) groups is 1. The van der Waals surface area contributed by atoms with Gasteiger partial charge in [0.05, 0.1) is 12.5 Å². The van der Waals surface area contributed by atoms with Crippen LogP contribution in [0.15, 0.2) is 0 Å². The molecule has 0 saturated carbocycles. The van der Waals surface area contributed by atoms with Gasteiger partial charge in [0.25, 0.3) is 0 Å². The fourth-order valence-electron chi connectivity index (χ4n) is 2.32. The van der Waals surface area contributed by atoms with Gasteiger partial charge in [0.15, 0.2) is 0 Å². The lowest BCUT2D eigenvalue weighted by molar-refractivity contribution is -0.130. The average Bonchev–Trinajstić information content (AvgIpc) is 2.36. The highest BCUT2D eigenvalue weighted by molar-refractivity contribution is 5.76. The standard InChI is InChI=1S/C14H26N4O/c1-14(2)12-18(11-10-17(14)4)9-6-13(19)16(3)8-5-7-15/h5-6,8-12H2,1-4H3. The van der Waals surface area contributed by atoms with E-state index in [-0.39, 0.29) is 11.4 Å². The Hall–Kier alpha value is -1.12. The Morgan fingerprint density at radius 2 is 2.11 bits per heavy atom. The third kappa shape index (κ3) is 4.81. The summed E-state index contributed by atoms with van der Waals surface area (Å²) in [5.74, 6) is 0.131. The van der Waals surface area contributed by atoms with Crippen LogP contribution in [-0.2, 0) is 4.79 Å². The molecule has 0 aromatic rings. The molecule has 0 spiro atoms. The van der Waals surface area contributed by atoms with Crippen molar-refractivity contribution in [2.24, 2.45) is 0 Å². The number of hydrogen-bond donors (Lipinski definition) is 0. The van der Waals surface area contributed by atoms with E-state index in [4.69, 9.17) is 5.26 Å². The number of piperazine rings is 1. The second-order valence-corrected chi connectivity index (χ2v) is 5.98. The highest BCUT2D eigenvalue weighted by Gasteiger charge is 2.30. The first kappa shape index (κ1) is 15.9. The van der Waals surface area contributed by atoms with Crippen molar-refractivity contribution in [3.05, 3.63) is 0 Å². The normalized spacial score (nSPS) is 19.9. The summed E-state index contributed by atoms with van der Waals surface area (Å²) in [5.41, 5.74) is 0.175. The molecule has 1 saturated heterocycles. The van der Waals surface area contributed by atoms with Crippen molar-refractivity contribution in [1.29, 1.82) is 5.26 Å². The second kappa shape index (κ2) is 6.88. The molecule has 5 heteroatoms. The van der Waals surface area contributed by atoms with Gasteiger partial charge in [-0.2, -0.15) is 5.26 Å². The fraction of sp³-hybridized carbons (Fsp3) is 0.857. The van der Waals surface area contributed by atoms with Crippen molar-refractivity contribution >= 4 is 5.91 Å². The maximum atomic E-state index is 11.9. The number of nitrogens with zero attached hydrogens (tertiary/aromatic N) is 4. The molecule has 0 bridgehead atoms. The third-order valence-corrected chi connectivity index (χ3v) is 4.02. The van der Waals surface area contributed by atoms with Gasteiger partial charge in [0.1, 0.15) is 0 Å². The molecule has 0 unspecified atom stereocenters. The minimum atomic E-state index is 0.131. The average molecular weight is 266 g/mol. The zero-order valence-electron chi connectivity index (χ0n) is 12.6. The van der Waals surface area contributed by atoms with Gasteiger partial charge in [-0.1, -0.05) is 0 Å². The monoisotopic (exact) mass is 266 g/mol. The topological polar surface area (TPSA) is 50.6 Å². The van der Waals surface area contributed by atoms with Crippen molar-refractivity contribution < 1.29 is 4.79 Å². The summed E-state index contributed by atoms with van der Waals surface area (Å²) in [5, 5.41) is 8.51. The van der Waals surface area contributed by atoms with Crippen molar-refractivity contribution in [3.63, 3.8) is 0 Å². The van der Waals surface area contributed by atoms with Gasteiger partial charge in [0, 0.05) is 51.7 Å². The van der Waals surface area contributed by atoms with Crippen LogP contribution in [0.3, 0.4) is 0 Å². The van der Waals surface area contributed by atoms with Crippen LogP contribution in [0.5, 0.6) is 0 Å². The van der Waals surface area contributed by atoms with Gasteiger partial charge in [-0.15, -0.1) is 0 Å². The summed E-state index contributed by atoms with van der Waals surface area (Å²) in [6.07, 6.45) is 0.950. The molecule has 0 N–H and O–H groups in total. The number of amides is 1. The molecule has 0 aromatic heterocycles. The minimum absolute atomic E-state index is 0.131. The van der Waals surface area contributed by atoms with E-state index in [1.165, 1.54) is 0 Å². The molecule has 1 heterocycles. The maximum Gasteiger partial charge on any atom is 0.223 e. The van der Waals surface area contributed by atoms with E-state index in [0.29, 0.717) is 19.4 Å². The first-order valence-electron chi connectivity index (χ1n) is 6.91. The summed E-state index contributed by atoms with van der Waals surface area (Å²) < 4.78 is 0. The van der Waals surface area contributed by atoms with E-state index in [1.807, 2.05) is 0 Å². The Morgan fingerprint density at radius 1 is 1.42 bits per heavy atom. The summed E-state index contributed by atoms with van der Waals surface area (Å²) in [6, 6.07) is 2.06. The van der Waals surface area contributed by atoms with Crippen LogP contribution in [0.1, 0.15) is 26.7 Å². The minimum Gasteiger partial charge on any atom is -0.345 e.